The summed E-state index contributed by atoms with van der Waals surface area (Å²) in [5.41, 5.74) is 3.61. The summed E-state index contributed by atoms with van der Waals surface area (Å²) in [5.74, 6) is -0.363. The molecule has 3 heterocycles. The first-order valence-electron chi connectivity index (χ1n) is 11.1. The highest BCUT2D eigenvalue weighted by molar-refractivity contribution is 5.93. The summed E-state index contributed by atoms with van der Waals surface area (Å²) in [6.07, 6.45) is 5.05. The van der Waals surface area contributed by atoms with Crippen LogP contribution in [-0.4, -0.2) is 52.1 Å². The van der Waals surface area contributed by atoms with Crippen LogP contribution in [0.3, 0.4) is 0 Å². The molecular weight excluding hydrogens is 393 g/mol. The molecule has 1 atom stereocenters. The van der Waals surface area contributed by atoms with E-state index in [9.17, 15) is 9.18 Å². The van der Waals surface area contributed by atoms with Crippen molar-refractivity contribution in [3.63, 3.8) is 0 Å². The molecule has 0 radical (unpaired) electrons. The Bertz CT molecular complexity index is 1110. The lowest BCUT2D eigenvalue weighted by atomic mass is 10.1. The van der Waals surface area contributed by atoms with Gasteiger partial charge >= 0.3 is 0 Å². The molecule has 4 rings (SSSR count). The monoisotopic (exact) mass is 423 g/mol. The van der Waals surface area contributed by atoms with Crippen molar-refractivity contribution in [1.82, 2.24) is 19.5 Å². The van der Waals surface area contributed by atoms with Crippen LogP contribution in [0.2, 0.25) is 0 Å². The molecule has 31 heavy (non-hydrogen) atoms. The Morgan fingerprint density at radius 1 is 1.19 bits per heavy atom. The van der Waals surface area contributed by atoms with Crippen LogP contribution in [0.1, 0.15) is 55.7 Å². The molecule has 1 saturated heterocycles. The van der Waals surface area contributed by atoms with Crippen LogP contribution >= 0.6 is 0 Å². The number of aryl methyl sites for hydroxylation is 1. The van der Waals surface area contributed by atoms with Gasteiger partial charge in [0.1, 0.15) is 11.5 Å². The fraction of sp³-hybridized carbons (Fsp3) is 0.458. The number of anilines is 1. The predicted molar refractivity (Wildman–Crippen MR) is 121 cm³/mol. The van der Waals surface area contributed by atoms with Crippen molar-refractivity contribution in [2.24, 2.45) is 0 Å². The van der Waals surface area contributed by atoms with Gasteiger partial charge in [-0.2, -0.15) is 5.10 Å². The molecule has 3 aromatic rings. The number of likely N-dealkylation sites (tertiary alicyclic amines) is 1. The van der Waals surface area contributed by atoms with Gasteiger partial charge in [-0.1, -0.05) is 19.8 Å². The van der Waals surface area contributed by atoms with Crippen molar-refractivity contribution in [3.05, 3.63) is 47.5 Å². The molecule has 1 amide bonds. The lowest BCUT2D eigenvalue weighted by Crippen LogP contribution is -2.38. The minimum Gasteiger partial charge on any atom is -0.378 e. The number of benzene rings is 1. The van der Waals surface area contributed by atoms with Crippen molar-refractivity contribution in [1.29, 1.82) is 0 Å². The number of carbonyl (C=O) groups excluding carboxylic acids is 1. The second kappa shape index (κ2) is 8.65. The zero-order chi connectivity index (χ0) is 22.1. The summed E-state index contributed by atoms with van der Waals surface area (Å²) in [7, 11) is 3.75. The van der Waals surface area contributed by atoms with Gasteiger partial charge in [0.15, 0.2) is 5.65 Å². The number of hydrogen-bond acceptors (Lipinski definition) is 4. The summed E-state index contributed by atoms with van der Waals surface area (Å²) in [5, 5.41) is 4.61. The van der Waals surface area contributed by atoms with E-state index in [0.29, 0.717) is 29.0 Å². The van der Waals surface area contributed by atoms with Crippen LogP contribution < -0.4 is 4.90 Å². The topological polar surface area (TPSA) is 53.7 Å². The molecule has 0 spiro atoms. The van der Waals surface area contributed by atoms with Gasteiger partial charge in [0.05, 0.1) is 5.69 Å². The Morgan fingerprint density at radius 2 is 2.00 bits per heavy atom. The van der Waals surface area contributed by atoms with Gasteiger partial charge in [0.2, 0.25) is 0 Å². The molecule has 0 bridgehead atoms. The Balaban J connectivity index is 1.74. The van der Waals surface area contributed by atoms with E-state index in [1.54, 1.807) is 16.6 Å². The van der Waals surface area contributed by atoms with Gasteiger partial charge < -0.3 is 9.80 Å². The van der Waals surface area contributed by atoms with Crippen molar-refractivity contribution < 1.29 is 9.18 Å². The average Bonchev–Trinajstić information content (AvgIpc) is 3.06. The average molecular weight is 424 g/mol. The zero-order valence-corrected chi connectivity index (χ0v) is 18.7. The molecule has 164 valence electrons. The second-order valence-electron chi connectivity index (χ2n) is 8.54. The summed E-state index contributed by atoms with van der Waals surface area (Å²) in [6, 6.07) is 8.91. The molecule has 6 nitrogen and oxygen atoms in total. The molecule has 0 aliphatic carbocycles. The lowest BCUT2D eigenvalue weighted by molar-refractivity contribution is 0.0692. The van der Waals surface area contributed by atoms with Crippen LogP contribution in [0, 0.1) is 5.82 Å². The van der Waals surface area contributed by atoms with E-state index in [4.69, 9.17) is 0 Å². The number of hydrogen-bond donors (Lipinski definition) is 0. The van der Waals surface area contributed by atoms with Gasteiger partial charge in [-0.15, -0.1) is 0 Å². The van der Waals surface area contributed by atoms with Crippen molar-refractivity contribution >= 4 is 17.2 Å². The number of rotatable bonds is 4. The largest absolute Gasteiger partial charge is 0.378 e. The molecule has 1 aliphatic heterocycles. The highest BCUT2D eigenvalue weighted by Crippen LogP contribution is 2.27. The molecule has 0 N–H and O–H groups in total. The number of fused-ring (bicyclic) bond motifs is 1. The molecule has 7 heteroatoms. The molecule has 0 saturated carbocycles. The van der Waals surface area contributed by atoms with Crippen LogP contribution in [0.25, 0.3) is 16.9 Å². The number of carbonyl (C=O) groups is 1. The Labute approximate surface area is 182 Å². The van der Waals surface area contributed by atoms with E-state index < -0.39 is 0 Å². The van der Waals surface area contributed by atoms with E-state index in [-0.39, 0.29) is 17.8 Å². The first kappa shape index (κ1) is 21.3. The van der Waals surface area contributed by atoms with E-state index in [0.717, 1.165) is 43.6 Å². The van der Waals surface area contributed by atoms with Crippen molar-refractivity contribution in [3.8, 4) is 11.3 Å². The first-order valence-corrected chi connectivity index (χ1v) is 11.1. The molecule has 0 unspecified atom stereocenters. The molecule has 1 aliphatic rings. The predicted octanol–water partition coefficient (Wildman–Crippen LogP) is 4.57. The maximum Gasteiger partial charge on any atom is 0.272 e. The van der Waals surface area contributed by atoms with E-state index in [1.807, 2.05) is 43.0 Å². The second-order valence-corrected chi connectivity index (χ2v) is 8.54. The van der Waals surface area contributed by atoms with Gasteiger partial charge in [-0.3, -0.25) is 4.79 Å². The fourth-order valence-electron chi connectivity index (χ4n) is 4.24. The third-order valence-corrected chi connectivity index (χ3v) is 6.14. The number of nitrogens with zero attached hydrogens (tertiary/aromatic N) is 5. The summed E-state index contributed by atoms with van der Waals surface area (Å²) < 4.78 is 16.5. The number of aromatic nitrogens is 3. The van der Waals surface area contributed by atoms with Crippen LogP contribution in [0.5, 0.6) is 0 Å². The highest BCUT2D eigenvalue weighted by Gasteiger charge is 2.25. The smallest absolute Gasteiger partial charge is 0.272 e. The summed E-state index contributed by atoms with van der Waals surface area (Å²) in [6.45, 7) is 4.90. The first-order chi connectivity index (χ1) is 14.9. The normalized spacial score (nSPS) is 17.1. The molecule has 2 aromatic heterocycles. The summed E-state index contributed by atoms with van der Waals surface area (Å²) in [4.78, 5) is 21.7. The third-order valence-electron chi connectivity index (χ3n) is 6.14. The Hall–Kier alpha value is -2.96. The standard InChI is InChI=1S/C24H30FN5O/c1-5-17-14-22(24(31)29-12-8-6-7-9-16(29)2)26-23-15-21(27-30(17)23)19-11-10-18(28(3)4)13-20(19)25/h10-11,13-16H,5-9,12H2,1-4H3/t16-/m1/s1. The van der Waals surface area contributed by atoms with Crippen LogP contribution in [-0.2, 0) is 6.42 Å². The maximum atomic E-state index is 14.8. The van der Waals surface area contributed by atoms with Gasteiger partial charge in [-0.25, -0.2) is 13.9 Å². The van der Waals surface area contributed by atoms with E-state index in [2.05, 4.69) is 17.0 Å². The van der Waals surface area contributed by atoms with Crippen molar-refractivity contribution in [2.75, 3.05) is 25.5 Å². The van der Waals surface area contributed by atoms with Gasteiger partial charge in [0.25, 0.3) is 5.91 Å². The number of halogens is 1. The van der Waals surface area contributed by atoms with E-state index >= 15 is 0 Å². The van der Waals surface area contributed by atoms with Crippen LogP contribution in [0.15, 0.2) is 30.3 Å². The molecule has 1 fully saturated rings. The lowest BCUT2D eigenvalue weighted by Gasteiger charge is -2.27. The number of amides is 1. The van der Waals surface area contributed by atoms with Gasteiger partial charge in [0, 0.05) is 49.7 Å². The van der Waals surface area contributed by atoms with Crippen LogP contribution in [0.4, 0.5) is 10.1 Å². The van der Waals surface area contributed by atoms with Crippen molar-refractivity contribution in [2.45, 2.75) is 52.0 Å². The third kappa shape index (κ3) is 4.13. The Morgan fingerprint density at radius 3 is 2.71 bits per heavy atom. The fourth-order valence-corrected chi connectivity index (χ4v) is 4.24. The van der Waals surface area contributed by atoms with E-state index in [1.165, 1.54) is 6.07 Å². The zero-order valence-electron chi connectivity index (χ0n) is 18.7. The maximum absolute atomic E-state index is 14.8. The highest BCUT2D eigenvalue weighted by atomic mass is 19.1. The molecular formula is C24H30FN5O. The Kier molecular flexibility index (Phi) is 5.94. The molecule has 1 aromatic carbocycles. The quantitative estimate of drug-likeness (QED) is 0.617. The van der Waals surface area contributed by atoms with Gasteiger partial charge in [-0.05, 0) is 50.5 Å². The SMILES string of the molecule is CCc1cc(C(=O)N2CCCCC[C@H]2C)nc2cc(-c3ccc(N(C)C)cc3F)nn12. The summed E-state index contributed by atoms with van der Waals surface area (Å²) >= 11 is 0. The minimum absolute atomic E-state index is 0.0316. The minimum atomic E-state index is -0.331.